The van der Waals surface area contributed by atoms with Crippen LogP contribution in [0, 0.1) is 5.41 Å². The molecular weight excluding hydrogens is 288 g/mol. The first-order chi connectivity index (χ1) is 11.3. The first kappa shape index (κ1) is 17.0. The first-order valence-corrected chi connectivity index (χ1v) is 9.61. The van der Waals surface area contributed by atoms with E-state index in [1.165, 1.54) is 45.2 Å². The van der Waals surface area contributed by atoms with Gasteiger partial charge in [-0.15, -0.1) is 0 Å². The summed E-state index contributed by atoms with van der Waals surface area (Å²) < 4.78 is 5.66. The van der Waals surface area contributed by atoms with Crippen LogP contribution in [0.5, 0.6) is 0 Å². The lowest BCUT2D eigenvalue weighted by Crippen LogP contribution is -2.43. The normalized spacial score (nSPS) is 30.5. The molecule has 0 aliphatic carbocycles. The third kappa shape index (κ3) is 4.00. The fraction of sp³-hybridized carbons (Fsp3) is 0.944. The lowest BCUT2D eigenvalue weighted by atomic mass is 9.87. The number of nitrogens with one attached hydrogen (secondary N) is 1. The molecule has 1 spiro atoms. The zero-order valence-corrected chi connectivity index (χ0v) is 15.0. The molecule has 3 aliphatic heterocycles. The van der Waals surface area contributed by atoms with Crippen LogP contribution in [-0.4, -0.2) is 74.3 Å². The number of guanidine groups is 1. The Hall–Kier alpha value is -0.810. The molecule has 5 nitrogen and oxygen atoms in total. The van der Waals surface area contributed by atoms with E-state index in [2.05, 4.69) is 29.0 Å². The summed E-state index contributed by atoms with van der Waals surface area (Å²) in [5.41, 5.74) is 0.398. The maximum atomic E-state index is 5.66. The molecule has 3 saturated heterocycles. The van der Waals surface area contributed by atoms with Crippen LogP contribution in [0.1, 0.15) is 46.0 Å². The van der Waals surface area contributed by atoms with Crippen molar-refractivity contribution < 1.29 is 4.74 Å². The Morgan fingerprint density at radius 3 is 2.70 bits per heavy atom. The van der Waals surface area contributed by atoms with Crippen molar-refractivity contribution in [3.8, 4) is 0 Å². The van der Waals surface area contributed by atoms with Crippen molar-refractivity contribution in [3.05, 3.63) is 0 Å². The predicted octanol–water partition coefficient (Wildman–Crippen LogP) is 1.94. The summed E-state index contributed by atoms with van der Waals surface area (Å²) in [6.07, 6.45) is 6.37. The highest BCUT2D eigenvalue weighted by atomic mass is 16.5. The Labute approximate surface area is 141 Å². The number of hydrogen-bond donors (Lipinski definition) is 1. The van der Waals surface area contributed by atoms with Crippen molar-refractivity contribution in [2.24, 2.45) is 10.4 Å². The molecule has 0 saturated carbocycles. The van der Waals surface area contributed by atoms with Gasteiger partial charge in [-0.2, -0.15) is 0 Å². The van der Waals surface area contributed by atoms with E-state index in [9.17, 15) is 0 Å². The van der Waals surface area contributed by atoms with Gasteiger partial charge < -0.3 is 15.0 Å². The maximum absolute atomic E-state index is 5.66. The Kier molecular flexibility index (Phi) is 5.81. The van der Waals surface area contributed by atoms with Crippen molar-refractivity contribution in [1.82, 2.24) is 15.1 Å². The minimum Gasteiger partial charge on any atom is -0.381 e. The minimum atomic E-state index is 0.398. The third-order valence-corrected chi connectivity index (χ3v) is 5.84. The molecule has 0 amide bonds. The van der Waals surface area contributed by atoms with Gasteiger partial charge >= 0.3 is 0 Å². The second-order valence-corrected chi connectivity index (χ2v) is 7.47. The molecule has 3 fully saturated rings. The monoisotopic (exact) mass is 322 g/mol. The topological polar surface area (TPSA) is 40.1 Å². The Bertz CT molecular complexity index is 400. The van der Waals surface area contributed by atoms with Gasteiger partial charge in [-0.1, -0.05) is 6.92 Å². The fourth-order valence-electron chi connectivity index (χ4n) is 4.31. The molecule has 0 bridgehead atoms. The molecule has 23 heavy (non-hydrogen) atoms. The SMILES string of the molecule is CCNC(=NCC(CC)N1CCCC1)N1CCC2(CCOC2)C1. The predicted molar refractivity (Wildman–Crippen MR) is 94.9 cm³/mol. The number of likely N-dealkylation sites (tertiary alicyclic amines) is 2. The highest BCUT2D eigenvalue weighted by molar-refractivity contribution is 5.80. The molecule has 1 N–H and O–H groups in total. The second-order valence-electron chi connectivity index (χ2n) is 7.47. The van der Waals surface area contributed by atoms with Gasteiger partial charge in [0.05, 0.1) is 13.2 Å². The van der Waals surface area contributed by atoms with E-state index < -0.39 is 0 Å². The number of ether oxygens (including phenoxy) is 1. The average molecular weight is 322 g/mol. The second kappa shape index (κ2) is 7.84. The van der Waals surface area contributed by atoms with Gasteiger partial charge in [0, 0.05) is 37.7 Å². The van der Waals surface area contributed by atoms with E-state index in [1.807, 2.05) is 0 Å². The maximum Gasteiger partial charge on any atom is 0.193 e. The molecule has 0 aromatic heterocycles. The number of hydrogen-bond acceptors (Lipinski definition) is 3. The number of aliphatic imine (C=N–C) groups is 1. The molecule has 2 atom stereocenters. The molecule has 5 heteroatoms. The quantitative estimate of drug-likeness (QED) is 0.620. The zero-order valence-electron chi connectivity index (χ0n) is 15.0. The van der Waals surface area contributed by atoms with Crippen molar-refractivity contribution >= 4 is 5.96 Å². The van der Waals surface area contributed by atoms with E-state index in [0.717, 1.165) is 45.4 Å². The van der Waals surface area contributed by atoms with Crippen LogP contribution in [-0.2, 0) is 4.74 Å². The molecule has 0 aromatic carbocycles. The molecule has 0 aromatic rings. The van der Waals surface area contributed by atoms with E-state index in [1.54, 1.807) is 0 Å². The van der Waals surface area contributed by atoms with Gasteiger partial charge in [0.2, 0.25) is 0 Å². The van der Waals surface area contributed by atoms with E-state index >= 15 is 0 Å². The van der Waals surface area contributed by atoms with Gasteiger partial charge in [-0.25, -0.2) is 0 Å². The summed E-state index contributed by atoms with van der Waals surface area (Å²) in [4.78, 5) is 10.1. The van der Waals surface area contributed by atoms with E-state index in [0.29, 0.717) is 11.5 Å². The zero-order chi connectivity index (χ0) is 16.1. The van der Waals surface area contributed by atoms with Crippen LogP contribution in [0.4, 0.5) is 0 Å². The van der Waals surface area contributed by atoms with Gasteiger partial charge in [0.25, 0.3) is 0 Å². The smallest absolute Gasteiger partial charge is 0.193 e. The Balaban J connectivity index is 1.61. The summed E-state index contributed by atoms with van der Waals surface area (Å²) in [7, 11) is 0. The summed E-state index contributed by atoms with van der Waals surface area (Å²) >= 11 is 0. The Morgan fingerprint density at radius 2 is 2.04 bits per heavy atom. The summed E-state index contributed by atoms with van der Waals surface area (Å²) in [6.45, 7) is 13.0. The number of rotatable bonds is 5. The van der Waals surface area contributed by atoms with Crippen molar-refractivity contribution in [2.45, 2.75) is 52.0 Å². The summed E-state index contributed by atoms with van der Waals surface area (Å²) in [5.74, 6) is 1.12. The molecule has 132 valence electrons. The lowest BCUT2D eigenvalue weighted by molar-refractivity contribution is 0.156. The van der Waals surface area contributed by atoms with Crippen molar-refractivity contribution in [3.63, 3.8) is 0 Å². The summed E-state index contributed by atoms with van der Waals surface area (Å²) in [5, 5.41) is 3.52. The Morgan fingerprint density at radius 1 is 1.22 bits per heavy atom. The average Bonchev–Trinajstić information content (AvgIpc) is 3.31. The van der Waals surface area contributed by atoms with Crippen LogP contribution in [0.2, 0.25) is 0 Å². The van der Waals surface area contributed by atoms with Gasteiger partial charge in [0.1, 0.15) is 0 Å². The van der Waals surface area contributed by atoms with Crippen LogP contribution in [0.25, 0.3) is 0 Å². The van der Waals surface area contributed by atoms with Crippen LogP contribution in [0.15, 0.2) is 4.99 Å². The van der Waals surface area contributed by atoms with Gasteiger partial charge in [0.15, 0.2) is 5.96 Å². The standard InChI is InChI=1S/C18H34N4O/c1-3-16(21-9-5-6-10-21)13-20-17(19-4-2)22-11-7-18(14-22)8-12-23-15-18/h16H,3-15H2,1-2H3,(H,19,20). The molecule has 3 heterocycles. The van der Waals surface area contributed by atoms with E-state index in [-0.39, 0.29) is 0 Å². The number of nitrogens with zero attached hydrogens (tertiary/aromatic N) is 3. The van der Waals surface area contributed by atoms with Gasteiger partial charge in [-0.3, -0.25) is 9.89 Å². The lowest BCUT2D eigenvalue weighted by Gasteiger charge is -2.27. The first-order valence-electron chi connectivity index (χ1n) is 9.61. The highest BCUT2D eigenvalue weighted by Gasteiger charge is 2.42. The van der Waals surface area contributed by atoms with Gasteiger partial charge in [-0.05, 0) is 52.1 Å². The van der Waals surface area contributed by atoms with Crippen molar-refractivity contribution in [1.29, 1.82) is 0 Å². The molecule has 0 radical (unpaired) electrons. The van der Waals surface area contributed by atoms with Crippen LogP contribution >= 0.6 is 0 Å². The molecular formula is C18H34N4O. The minimum absolute atomic E-state index is 0.398. The molecule has 2 unspecified atom stereocenters. The highest BCUT2D eigenvalue weighted by Crippen LogP contribution is 2.38. The summed E-state index contributed by atoms with van der Waals surface area (Å²) in [6, 6.07) is 0.609. The molecule has 3 rings (SSSR count). The fourth-order valence-corrected chi connectivity index (χ4v) is 4.31. The van der Waals surface area contributed by atoms with Crippen molar-refractivity contribution in [2.75, 3.05) is 52.5 Å². The third-order valence-electron chi connectivity index (χ3n) is 5.84. The molecule has 3 aliphatic rings. The van der Waals surface area contributed by atoms with Crippen LogP contribution < -0.4 is 5.32 Å². The van der Waals surface area contributed by atoms with Crippen LogP contribution in [0.3, 0.4) is 0 Å². The largest absolute Gasteiger partial charge is 0.381 e. The van der Waals surface area contributed by atoms with E-state index in [4.69, 9.17) is 9.73 Å².